The van der Waals surface area contributed by atoms with E-state index in [1.807, 2.05) is 6.92 Å². The normalized spacial score (nSPS) is 12.0. The Labute approximate surface area is 198 Å². The number of aryl methyl sites for hydroxylation is 1. The summed E-state index contributed by atoms with van der Waals surface area (Å²) in [5.41, 5.74) is 7.40. The van der Waals surface area contributed by atoms with Gasteiger partial charge in [-0.25, -0.2) is 8.42 Å². The highest BCUT2D eigenvalue weighted by atomic mass is 32.2. The van der Waals surface area contributed by atoms with Crippen molar-refractivity contribution in [2.75, 3.05) is 28.9 Å². The number of nitrogens with one attached hydrogen (secondary N) is 2. The maximum atomic E-state index is 13.4. The highest BCUT2D eigenvalue weighted by Gasteiger charge is 2.33. The van der Waals surface area contributed by atoms with Gasteiger partial charge >= 0.3 is 0 Å². The molecule has 2 amide bonds. The maximum Gasteiger partial charge on any atom is 0.265 e. The van der Waals surface area contributed by atoms with E-state index in [1.54, 1.807) is 24.3 Å². The molecule has 2 rings (SSSR count). The van der Waals surface area contributed by atoms with Crippen molar-refractivity contribution in [3.8, 4) is 0 Å². The van der Waals surface area contributed by atoms with E-state index in [0.29, 0.717) is 11.4 Å². The fourth-order valence-corrected chi connectivity index (χ4v) is 4.93. The van der Waals surface area contributed by atoms with E-state index >= 15 is 0 Å². The van der Waals surface area contributed by atoms with Crippen molar-refractivity contribution in [2.45, 2.75) is 31.7 Å². The Morgan fingerprint density at radius 1 is 1.00 bits per heavy atom. The van der Waals surface area contributed by atoms with Crippen LogP contribution in [0.15, 0.2) is 53.4 Å². The fraction of sp³-hybridized carbons (Fsp3) is 0.318. The van der Waals surface area contributed by atoms with Gasteiger partial charge in [0.05, 0.1) is 16.3 Å². The molecule has 9 nitrogen and oxygen atoms in total. The zero-order valence-electron chi connectivity index (χ0n) is 18.7. The van der Waals surface area contributed by atoms with Gasteiger partial charge in [0.25, 0.3) is 10.0 Å². The van der Waals surface area contributed by atoms with Gasteiger partial charge in [-0.05, 0) is 50.2 Å². The Bertz CT molecular complexity index is 1090. The molecule has 0 unspecified atom stereocenters. The largest absolute Gasteiger partial charge is 0.399 e. The molecule has 0 aliphatic carbocycles. The predicted molar refractivity (Wildman–Crippen MR) is 130 cm³/mol. The van der Waals surface area contributed by atoms with Crippen LogP contribution < -0.4 is 20.7 Å². The first-order valence-corrected chi connectivity index (χ1v) is 12.6. The van der Waals surface area contributed by atoms with E-state index in [9.17, 15) is 22.8 Å². The second-order valence-corrected chi connectivity index (χ2v) is 10.3. The smallest absolute Gasteiger partial charge is 0.265 e. The Balaban J connectivity index is 2.15. The lowest BCUT2D eigenvalue weighted by atomic mass is 10.2. The SMILES string of the molecule is CC(=O)SCC(=O)NCCNC(=O)[C@H](C)N(c1ccc(N)cc1)S(=O)(=O)c1ccc(C)cc1. The molecule has 0 aliphatic rings. The Morgan fingerprint density at radius 2 is 1.58 bits per heavy atom. The van der Waals surface area contributed by atoms with Gasteiger partial charge in [-0.2, -0.15) is 0 Å². The lowest BCUT2D eigenvalue weighted by Gasteiger charge is -2.30. The van der Waals surface area contributed by atoms with E-state index in [4.69, 9.17) is 5.73 Å². The molecule has 11 heteroatoms. The number of nitrogen functional groups attached to an aromatic ring is 1. The molecule has 33 heavy (non-hydrogen) atoms. The molecule has 0 aromatic heterocycles. The van der Waals surface area contributed by atoms with Crippen LogP contribution in [0, 0.1) is 6.92 Å². The number of hydrogen-bond donors (Lipinski definition) is 3. The Morgan fingerprint density at radius 3 is 2.15 bits per heavy atom. The molecule has 0 saturated carbocycles. The number of hydrogen-bond acceptors (Lipinski definition) is 7. The van der Waals surface area contributed by atoms with Gasteiger partial charge in [-0.1, -0.05) is 29.5 Å². The van der Waals surface area contributed by atoms with Gasteiger partial charge in [0.1, 0.15) is 6.04 Å². The van der Waals surface area contributed by atoms with Crippen molar-refractivity contribution in [3.63, 3.8) is 0 Å². The number of benzene rings is 2. The average Bonchev–Trinajstić information content (AvgIpc) is 2.76. The van der Waals surface area contributed by atoms with Crippen LogP contribution in [0.5, 0.6) is 0 Å². The van der Waals surface area contributed by atoms with Crippen LogP contribution in [0.25, 0.3) is 0 Å². The first-order valence-electron chi connectivity index (χ1n) is 10.2. The molecule has 0 saturated heterocycles. The van der Waals surface area contributed by atoms with E-state index in [1.165, 1.54) is 38.1 Å². The Hall–Kier alpha value is -3.05. The van der Waals surface area contributed by atoms with Crippen molar-refractivity contribution >= 4 is 50.1 Å². The van der Waals surface area contributed by atoms with Gasteiger partial charge in [-0.15, -0.1) is 0 Å². The van der Waals surface area contributed by atoms with E-state index in [2.05, 4.69) is 10.6 Å². The summed E-state index contributed by atoms with van der Waals surface area (Å²) in [6.07, 6.45) is 0. The monoisotopic (exact) mass is 492 g/mol. The highest BCUT2D eigenvalue weighted by Crippen LogP contribution is 2.27. The molecule has 2 aromatic rings. The molecule has 0 spiro atoms. The number of carbonyl (C=O) groups excluding carboxylic acids is 3. The summed E-state index contributed by atoms with van der Waals surface area (Å²) < 4.78 is 27.9. The zero-order valence-corrected chi connectivity index (χ0v) is 20.3. The molecule has 2 aromatic carbocycles. The first kappa shape index (κ1) is 26.2. The summed E-state index contributed by atoms with van der Waals surface area (Å²) in [6, 6.07) is 11.5. The number of thioether (sulfide) groups is 1. The predicted octanol–water partition coefficient (Wildman–Crippen LogP) is 1.67. The molecule has 0 bridgehead atoms. The molecule has 0 aliphatic heterocycles. The summed E-state index contributed by atoms with van der Waals surface area (Å²) in [7, 11) is -4.06. The van der Waals surface area contributed by atoms with Gasteiger partial charge in [0.2, 0.25) is 11.8 Å². The van der Waals surface area contributed by atoms with Crippen LogP contribution >= 0.6 is 11.8 Å². The van der Waals surface area contributed by atoms with Crippen LogP contribution in [0.4, 0.5) is 11.4 Å². The minimum atomic E-state index is -4.06. The molecule has 4 N–H and O–H groups in total. The lowest BCUT2D eigenvalue weighted by Crippen LogP contribution is -2.49. The van der Waals surface area contributed by atoms with Gasteiger partial charge in [-0.3, -0.25) is 18.7 Å². The fourth-order valence-electron chi connectivity index (χ4n) is 2.88. The number of nitrogens with two attached hydrogens (primary N) is 1. The van der Waals surface area contributed by atoms with Crippen LogP contribution in [0.3, 0.4) is 0 Å². The van der Waals surface area contributed by atoms with Gasteiger partial charge in [0, 0.05) is 25.7 Å². The molecule has 1 atom stereocenters. The number of amides is 2. The summed E-state index contributed by atoms with van der Waals surface area (Å²) in [5.74, 6) is -0.864. The van der Waals surface area contributed by atoms with Crippen LogP contribution in [0.1, 0.15) is 19.4 Å². The van der Waals surface area contributed by atoms with Crippen molar-refractivity contribution in [3.05, 3.63) is 54.1 Å². The quantitative estimate of drug-likeness (QED) is 0.339. The van der Waals surface area contributed by atoms with Crippen LogP contribution in [-0.4, -0.2) is 50.2 Å². The number of anilines is 2. The first-order chi connectivity index (χ1) is 15.5. The summed E-state index contributed by atoms with van der Waals surface area (Å²) in [6.45, 7) is 4.94. The summed E-state index contributed by atoms with van der Waals surface area (Å²) >= 11 is 0.892. The second kappa shape index (κ2) is 11.7. The number of carbonyl (C=O) groups is 3. The minimum Gasteiger partial charge on any atom is -0.399 e. The molecule has 0 fully saturated rings. The number of nitrogens with zero attached hydrogens (tertiary/aromatic N) is 1. The third-order valence-corrected chi connectivity index (χ3v) is 7.34. The van der Waals surface area contributed by atoms with E-state index in [0.717, 1.165) is 21.6 Å². The molecule has 178 valence electrons. The topological polar surface area (TPSA) is 139 Å². The molecular weight excluding hydrogens is 464 g/mol. The van der Waals surface area contributed by atoms with Crippen molar-refractivity contribution < 1.29 is 22.8 Å². The lowest BCUT2D eigenvalue weighted by molar-refractivity contribution is -0.122. The summed E-state index contributed by atoms with van der Waals surface area (Å²) in [5, 5.41) is 5.06. The highest BCUT2D eigenvalue weighted by molar-refractivity contribution is 8.14. The summed E-state index contributed by atoms with van der Waals surface area (Å²) in [4.78, 5) is 35.4. The average molecular weight is 493 g/mol. The van der Waals surface area contributed by atoms with Gasteiger partial charge < -0.3 is 16.4 Å². The Kier molecular flexibility index (Phi) is 9.30. The minimum absolute atomic E-state index is 0.000603. The second-order valence-electron chi connectivity index (χ2n) is 7.30. The molecular formula is C22H28N4O5S2. The third kappa shape index (κ3) is 7.50. The molecule has 0 radical (unpaired) electrons. The third-order valence-electron chi connectivity index (χ3n) is 4.61. The van der Waals surface area contributed by atoms with Crippen LogP contribution in [0.2, 0.25) is 0 Å². The standard InChI is InChI=1S/C22H28N4O5S2/c1-15-4-10-20(11-5-15)33(30,31)26(19-8-6-18(23)7-9-19)16(2)22(29)25-13-12-24-21(28)14-32-17(3)27/h4-11,16H,12-14,23H2,1-3H3,(H,24,28)(H,25,29)/t16-/m0/s1. The van der Waals surface area contributed by atoms with Crippen molar-refractivity contribution in [1.29, 1.82) is 0 Å². The van der Waals surface area contributed by atoms with Crippen molar-refractivity contribution in [1.82, 2.24) is 10.6 Å². The zero-order chi connectivity index (χ0) is 24.6. The number of rotatable bonds is 10. The van der Waals surface area contributed by atoms with Crippen molar-refractivity contribution in [2.24, 2.45) is 0 Å². The van der Waals surface area contributed by atoms with E-state index < -0.39 is 22.0 Å². The maximum absolute atomic E-state index is 13.4. The van der Waals surface area contributed by atoms with Gasteiger partial charge in [0.15, 0.2) is 5.12 Å². The molecule has 0 heterocycles. The number of sulfonamides is 1. The van der Waals surface area contributed by atoms with E-state index in [-0.39, 0.29) is 34.8 Å². The van der Waals surface area contributed by atoms with Crippen LogP contribution in [-0.2, 0) is 24.4 Å².